The standard InChI is InChI=1S/C15H20O4/c1-13(16)7-5-6-10-15(17)19-12-11-18-14-8-3-2-4-9-14/h2-4,8-9H,5-7,10-12H2,1H3. The molecular weight excluding hydrogens is 244 g/mol. The van der Waals surface area contributed by atoms with E-state index in [0.29, 0.717) is 25.9 Å². The van der Waals surface area contributed by atoms with Gasteiger partial charge in [-0.15, -0.1) is 0 Å². The van der Waals surface area contributed by atoms with Gasteiger partial charge in [-0.05, 0) is 31.9 Å². The topological polar surface area (TPSA) is 52.6 Å². The number of carbonyl (C=O) groups excluding carboxylic acids is 2. The van der Waals surface area contributed by atoms with Gasteiger partial charge < -0.3 is 14.3 Å². The third-order valence-corrected chi connectivity index (χ3v) is 2.52. The van der Waals surface area contributed by atoms with E-state index in [4.69, 9.17) is 9.47 Å². The maximum Gasteiger partial charge on any atom is 0.305 e. The number of ether oxygens (including phenoxy) is 2. The number of rotatable bonds is 9. The molecule has 19 heavy (non-hydrogen) atoms. The van der Waals surface area contributed by atoms with E-state index in [-0.39, 0.29) is 18.4 Å². The molecule has 1 aromatic rings. The zero-order valence-corrected chi connectivity index (χ0v) is 11.3. The van der Waals surface area contributed by atoms with Crippen molar-refractivity contribution in [2.75, 3.05) is 13.2 Å². The summed E-state index contributed by atoms with van der Waals surface area (Å²) in [5.41, 5.74) is 0. The van der Waals surface area contributed by atoms with Crippen molar-refractivity contribution in [2.24, 2.45) is 0 Å². The number of para-hydroxylation sites is 1. The highest BCUT2D eigenvalue weighted by Gasteiger charge is 2.03. The number of ketones is 1. The molecule has 104 valence electrons. The first-order valence-corrected chi connectivity index (χ1v) is 6.51. The van der Waals surface area contributed by atoms with Crippen LogP contribution < -0.4 is 4.74 Å². The van der Waals surface area contributed by atoms with Gasteiger partial charge in [-0.25, -0.2) is 0 Å². The summed E-state index contributed by atoms with van der Waals surface area (Å²) in [4.78, 5) is 22.0. The predicted octanol–water partition coefficient (Wildman–Crippen LogP) is 2.76. The fourth-order valence-electron chi connectivity index (χ4n) is 1.55. The van der Waals surface area contributed by atoms with Crippen LogP contribution >= 0.6 is 0 Å². The molecule has 0 N–H and O–H groups in total. The van der Waals surface area contributed by atoms with Crippen molar-refractivity contribution >= 4 is 11.8 Å². The molecule has 0 aliphatic rings. The number of benzene rings is 1. The summed E-state index contributed by atoms with van der Waals surface area (Å²) < 4.78 is 10.4. The first kappa shape index (κ1) is 15.2. The van der Waals surface area contributed by atoms with Gasteiger partial charge in [-0.3, -0.25) is 4.79 Å². The van der Waals surface area contributed by atoms with Gasteiger partial charge in [-0.1, -0.05) is 18.2 Å². The molecule has 0 aliphatic heterocycles. The van der Waals surface area contributed by atoms with E-state index in [9.17, 15) is 9.59 Å². The Morgan fingerprint density at radius 3 is 2.37 bits per heavy atom. The highest BCUT2D eigenvalue weighted by Crippen LogP contribution is 2.08. The van der Waals surface area contributed by atoms with Crippen LogP contribution in [-0.2, 0) is 14.3 Å². The van der Waals surface area contributed by atoms with Crippen molar-refractivity contribution in [1.82, 2.24) is 0 Å². The Morgan fingerprint density at radius 1 is 1.00 bits per heavy atom. The molecule has 0 fully saturated rings. The van der Waals surface area contributed by atoms with Gasteiger partial charge in [-0.2, -0.15) is 0 Å². The number of Topliss-reactive ketones (excluding diaryl/α,β-unsaturated/α-hetero) is 1. The Kier molecular flexibility index (Phi) is 7.32. The molecule has 0 heterocycles. The molecule has 0 amide bonds. The number of unbranched alkanes of at least 4 members (excludes halogenated alkanes) is 1. The number of esters is 1. The van der Waals surface area contributed by atoms with Crippen molar-refractivity contribution < 1.29 is 19.1 Å². The number of carbonyl (C=O) groups is 2. The SMILES string of the molecule is CC(=O)CCCCC(=O)OCCOc1ccccc1. The van der Waals surface area contributed by atoms with Gasteiger partial charge in [0.15, 0.2) is 0 Å². The van der Waals surface area contributed by atoms with Crippen molar-refractivity contribution in [1.29, 1.82) is 0 Å². The highest BCUT2D eigenvalue weighted by molar-refractivity contribution is 5.75. The smallest absolute Gasteiger partial charge is 0.305 e. The summed E-state index contributed by atoms with van der Waals surface area (Å²) in [6.45, 7) is 2.16. The van der Waals surface area contributed by atoms with Crippen LogP contribution in [0, 0.1) is 0 Å². The first-order chi connectivity index (χ1) is 9.18. The largest absolute Gasteiger partial charge is 0.490 e. The van der Waals surface area contributed by atoms with E-state index in [0.717, 1.165) is 12.2 Å². The lowest BCUT2D eigenvalue weighted by atomic mass is 10.1. The Labute approximate surface area is 113 Å². The normalized spacial score (nSPS) is 9.95. The van der Waals surface area contributed by atoms with Gasteiger partial charge >= 0.3 is 5.97 Å². The fraction of sp³-hybridized carbons (Fsp3) is 0.467. The average Bonchev–Trinajstić information content (AvgIpc) is 2.41. The van der Waals surface area contributed by atoms with Crippen molar-refractivity contribution in [2.45, 2.75) is 32.6 Å². The number of hydrogen-bond acceptors (Lipinski definition) is 4. The van der Waals surface area contributed by atoms with E-state index in [1.807, 2.05) is 30.3 Å². The number of hydrogen-bond donors (Lipinski definition) is 0. The lowest BCUT2D eigenvalue weighted by Gasteiger charge is -2.07. The summed E-state index contributed by atoms with van der Waals surface area (Å²) in [6, 6.07) is 9.38. The Balaban J connectivity index is 2.00. The van der Waals surface area contributed by atoms with Crippen LogP contribution in [0.5, 0.6) is 5.75 Å². The molecule has 1 rings (SSSR count). The molecule has 0 atom stereocenters. The molecular formula is C15H20O4. The van der Waals surface area contributed by atoms with E-state index in [1.165, 1.54) is 0 Å². The molecule has 0 spiro atoms. The second kappa shape index (κ2) is 9.14. The lowest BCUT2D eigenvalue weighted by Crippen LogP contribution is -2.12. The summed E-state index contributed by atoms with van der Waals surface area (Å²) in [5.74, 6) is 0.685. The Bertz CT molecular complexity index is 386. The molecule has 0 bridgehead atoms. The molecule has 4 heteroatoms. The van der Waals surface area contributed by atoms with Crippen LogP contribution in [0.4, 0.5) is 0 Å². The van der Waals surface area contributed by atoms with Crippen molar-refractivity contribution in [3.63, 3.8) is 0 Å². The van der Waals surface area contributed by atoms with Gasteiger partial charge in [0, 0.05) is 12.8 Å². The average molecular weight is 264 g/mol. The second-order valence-corrected chi connectivity index (χ2v) is 4.29. The molecule has 0 unspecified atom stereocenters. The monoisotopic (exact) mass is 264 g/mol. The molecule has 0 saturated heterocycles. The minimum Gasteiger partial charge on any atom is -0.490 e. The third kappa shape index (κ3) is 7.97. The van der Waals surface area contributed by atoms with E-state index < -0.39 is 0 Å². The van der Waals surface area contributed by atoms with Crippen LogP contribution in [0.2, 0.25) is 0 Å². The summed E-state index contributed by atoms with van der Waals surface area (Å²) in [6.07, 6.45) is 2.33. The van der Waals surface area contributed by atoms with Crippen LogP contribution in [0.15, 0.2) is 30.3 Å². The minimum absolute atomic E-state index is 0.157. The maximum absolute atomic E-state index is 11.3. The molecule has 0 aromatic heterocycles. The summed E-state index contributed by atoms with van der Waals surface area (Å²) in [7, 11) is 0. The molecule has 0 radical (unpaired) electrons. The quantitative estimate of drug-likeness (QED) is 0.508. The van der Waals surface area contributed by atoms with Crippen LogP contribution in [0.3, 0.4) is 0 Å². The Morgan fingerprint density at radius 2 is 1.68 bits per heavy atom. The third-order valence-electron chi connectivity index (χ3n) is 2.52. The second-order valence-electron chi connectivity index (χ2n) is 4.29. The van der Waals surface area contributed by atoms with Gasteiger partial charge in [0.2, 0.25) is 0 Å². The van der Waals surface area contributed by atoms with Gasteiger partial charge in [0.25, 0.3) is 0 Å². The predicted molar refractivity (Wildman–Crippen MR) is 72.0 cm³/mol. The maximum atomic E-state index is 11.3. The summed E-state index contributed by atoms with van der Waals surface area (Å²) >= 11 is 0. The first-order valence-electron chi connectivity index (χ1n) is 6.51. The zero-order valence-electron chi connectivity index (χ0n) is 11.3. The molecule has 4 nitrogen and oxygen atoms in total. The lowest BCUT2D eigenvalue weighted by molar-refractivity contribution is -0.144. The van der Waals surface area contributed by atoms with Crippen LogP contribution in [0.25, 0.3) is 0 Å². The summed E-state index contributed by atoms with van der Waals surface area (Å²) in [5, 5.41) is 0. The zero-order chi connectivity index (χ0) is 13.9. The highest BCUT2D eigenvalue weighted by atomic mass is 16.6. The van der Waals surface area contributed by atoms with E-state index >= 15 is 0 Å². The minimum atomic E-state index is -0.236. The van der Waals surface area contributed by atoms with Gasteiger partial charge in [0.05, 0.1) is 0 Å². The van der Waals surface area contributed by atoms with Crippen molar-refractivity contribution in [3.05, 3.63) is 30.3 Å². The molecule has 1 aromatic carbocycles. The Hall–Kier alpha value is -1.84. The molecule has 0 saturated carbocycles. The van der Waals surface area contributed by atoms with Crippen LogP contribution in [-0.4, -0.2) is 25.0 Å². The van der Waals surface area contributed by atoms with Crippen molar-refractivity contribution in [3.8, 4) is 5.75 Å². The molecule has 0 aliphatic carbocycles. The van der Waals surface area contributed by atoms with E-state index in [2.05, 4.69) is 0 Å². The van der Waals surface area contributed by atoms with E-state index in [1.54, 1.807) is 6.92 Å². The fourth-order valence-corrected chi connectivity index (χ4v) is 1.55. The van der Waals surface area contributed by atoms with Crippen LogP contribution in [0.1, 0.15) is 32.6 Å². The van der Waals surface area contributed by atoms with Gasteiger partial charge in [0.1, 0.15) is 24.7 Å².